The summed E-state index contributed by atoms with van der Waals surface area (Å²) in [4.78, 5) is 23.0. The van der Waals surface area contributed by atoms with E-state index in [-0.39, 0.29) is 17.7 Å². The molecule has 0 aromatic rings. The summed E-state index contributed by atoms with van der Waals surface area (Å²) in [6.45, 7) is 0. The molecule has 3 aliphatic rings. The topological polar surface area (TPSA) is 43.4 Å². The molecule has 3 nitrogen and oxygen atoms in total. The van der Waals surface area contributed by atoms with Crippen molar-refractivity contribution in [2.75, 3.05) is 0 Å². The van der Waals surface area contributed by atoms with Gasteiger partial charge >= 0.3 is 5.97 Å². The van der Waals surface area contributed by atoms with Gasteiger partial charge in [0.2, 0.25) is 0 Å². The molecule has 2 atom stereocenters. The van der Waals surface area contributed by atoms with E-state index in [4.69, 9.17) is 4.74 Å². The van der Waals surface area contributed by atoms with Crippen LogP contribution in [0.15, 0.2) is 11.3 Å². The minimum absolute atomic E-state index is 0.150. The Morgan fingerprint density at radius 2 is 1.87 bits per heavy atom. The van der Waals surface area contributed by atoms with Crippen LogP contribution in [0, 0.1) is 11.8 Å². The van der Waals surface area contributed by atoms with Crippen molar-refractivity contribution in [2.45, 2.75) is 38.5 Å². The van der Waals surface area contributed by atoms with Crippen LogP contribution in [0.5, 0.6) is 0 Å². The molecule has 0 aromatic carbocycles. The number of allylic oxidation sites excluding steroid dienone is 2. The number of rotatable bonds is 0. The number of hydrogen-bond acceptors (Lipinski definition) is 3. The van der Waals surface area contributed by atoms with Gasteiger partial charge in [-0.05, 0) is 25.2 Å². The molecular formula is C12H14O3. The number of ether oxygens (including phenoxy) is 1. The Morgan fingerprint density at radius 1 is 1.07 bits per heavy atom. The molecule has 1 heterocycles. The third-order valence-corrected chi connectivity index (χ3v) is 3.81. The van der Waals surface area contributed by atoms with Crippen molar-refractivity contribution in [1.82, 2.24) is 0 Å². The highest BCUT2D eigenvalue weighted by molar-refractivity contribution is 5.99. The summed E-state index contributed by atoms with van der Waals surface area (Å²) in [5, 5.41) is 0. The Kier molecular flexibility index (Phi) is 1.94. The quantitative estimate of drug-likeness (QED) is 0.569. The van der Waals surface area contributed by atoms with E-state index < -0.39 is 0 Å². The van der Waals surface area contributed by atoms with Crippen LogP contribution < -0.4 is 0 Å². The number of fused-ring (bicyclic) bond motifs is 2. The van der Waals surface area contributed by atoms with Gasteiger partial charge in [-0.15, -0.1) is 0 Å². The fourth-order valence-electron chi connectivity index (χ4n) is 3.10. The number of ketones is 1. The first-order valence-corrected chi connectivity index (χ1v) is 5.73. The van der Waals surface area contributed by atoms with Gasteiger partial charge in [0.1, 0.15) is 5.76 Å². The van der Waals surface area contributed by atoms with Crippen LogP contribution in [0.4, 0.5) is 0 Å². The Balaban J connectivity index is 2.07. The van der Waals surface area contributed by atoms with E-state index in [2.05, 4.69) is 0 Å². The largest absolute Gasteiger partial charge is 0.430 e. The summed E-state index contributed by atoms with van der Waals surface area (Å²) in [7, 11) is 0. The van der Waals surface area contributed by atoms with Crippen LogP contribution in [0.1, 0.15) is 38.5 Å². The third-order valence-electron chi connectivity index (χ3n) is 3.81. The zero-order chi connectivity index (χ0) is 10.4. The van der Waals surface area contributed by atoms with E-state index in [0.717, 1.165) is 37.0 Å². The van der Waals surface area contributed by atoms with Gasteiger partial charge in [-0.1, -0.05) is 6.42 Å². The minimum Gasteiger partial charge on any atom is -0.430 e. The molecule has 3 rings (SSSR count). The summed E-state index contributed by atoms with van der Waals surface area (Å²) in [6.07, 6.45) is 5.31. The molecule has 2 aliphatic carbocycles. The number of hydrogen-bond donors (Lipinski definition) is 0. The molecule has 0 spiro atoms. The van der Waals surface area contributed by atoms with E-state index in [1.54, 1.807) is 0 Å². The molecule has 0 aromatic heterocycles. The second-order valence-corrected chi connectivity index (χ2v) is 4.74. The first-order chi connectivity index (χ1) is 7.25. The lowest BCUT2D eigenvalue weighted by atomic mass is 9.97. The monoisotopic (exact) mass is 206 g/mol. The van der Waals surface area contributed by atoms with Crippen molar-refractivity contribution >= 4 is 11.8 Å². The third kappa shape index (κ3) is 1.33. The van der Waals surface area contributed by atoms with E-state index >= 15 is 0 Å². The molecular weight excluding hydrogens is 192 g/mol. The maximum Gasteiger partial charge on any atom is 0.311 e. The molecule has 0 radical (unpaired) electrons. The van der Waals surface area contributed by atoms with Gasteiger partial charge < -0.3 is 4.74 Å². The fraction of sp³-hybridized carbons (Fsp3) is 0.667. The summed E-state index contributed by atoms with van der Waals surface area (Å²) >= 11 is 0. The van der Waals surface area contributed by atoms with Gasteiger partial charge in [0.15, 0.2) is 5.78 Å². The summed E-state index contributed by atoms with van der Waals surface area (Å²) in [5.74, 6) is 1.40. The van der Waals surface area contributed by atoms with E-state index in [1.807, 2.05) is 0 Å². The van der Waals surface area contributed by atoms with E-state index in [1.165, 1.54) is 0 Å². The van der Waals surface area contributed by atoms with E-state index in [0.29, 0.717) is 18.8 Å². The predicted octanol–water partition coefficient (Wildman–Crippen LogP) is 1.97. The molecule has 3 heteroatoms. The Bertz CT molecular complexity index is 367. The zero-order valence-electron chi connectivity index (χ0n) is 8.62. The lowest BCUT2D eigenvalue weighted by molar-refractivity contribution is -0.135. The van der Waals surface area contributed by atoms with Crippen LogP contribution in [0.2, 0.25) is 0 Å². The lowest BCUT2D eigenvalue weighted by Gasteiger charge is -2.09. The van der Waals surface area contributed by atoms with Gasteiger partial charge in [0.25, 0.3) is 0 Å². The van der Waals surface area contributed by atoms with Crippen LogP contribution >= 0.6 is 0 Å². The first kappa shape index (κ1) is 9.13. The van der Waals surface area contributed by atoms with Crippen molar-refractivity contribution < 1.29 is 14.3 Å². The molecule has 0 amide bonds. The lowest BCUT2D eigenvalue weighted by Crippen LogP contribution is -2.06. The fourth-order valence-corrected chi connectivity index (χ4v) is 3.10. The van der Waals surface area contributed by atoms with Crippen molar-refractivity contribution in [2.24, 2.45) is 11.8 Å². The Labute approximate surface area is 88.5 Å². The molecule has 1 aliphatic heterocycles. The molecule has 1 saturated heterocycles. The number of carbonyl (C=O) groups excluding carboxylic acids is 2. The van der Waals surface area contributed by atoms with Gasteiger partial charge in [0, 0.05) is 17.9 Å². The highest BCUT2D eigenvalue weighted by Crippen LogP contribution is 2.44. The Hall–Kier alpha value is -1.12. The van der Waals surface area contributed by atoms with Gasteiger partial charge in [-0.2, -0.15) is 0 Å². The van der Waals surface area contributed by atoms with E-state index in [9.17, 15) is 9.59 Å². The standard InChI is InChI=1S/C12H14O3/c13-9-5-4-7-2-1-3-8-6-10(14)15-12(8)11(7)9/h7-8H,1-6H2. The maximum absolute atomic E-state index is 11.8. The normalized spacial score (nSPS) is 34.9. The highest BCUT2D eigenvalue weighted by Gasteiger charge is 2.41. The van der Waals surface area contributed by atoms with Crippen molar-refractivity contribution in [3.05, 3.63) is 11.3 Å². The van der Waals surface area contributed by atoms with Gasteiger partial charge in [-0.25, -0.2) is 0 Å². The average Bonchev–Trinajstić information content (AvgIpc) is 2.67. The Morgan fingerprint density at radius 3 is 2.73 bits per heavy atom. The molecule has 1 saturated carbocycles. The summed E-state index contributed by atoms with van der Waals surface area (Å²) in [5.41, 5.74) is 0.864. The van der Waals surface area contributed by atoms with Gasteiger partial charge in [-0.3, -0.25) is 9.59 Å². The highest BCUT2D eigenvalue weighted by atomic mass is 16.5. The predicted molar refractivity (Wildman–Crippen MR) is 52.8 cm³/mol. The SMILES string of the molecule is O=C1CC2CCCC3CCC(=O)C3=C2O1. The first-order valence-electron chi connectivity index (χ1n) is 5.73. The molecule has 80 valence electrons. The maximum atomic E-state index is 11.8. The molecule has 2 fully saturated rings. The van der Waals surface area contributed by atoms with Crippen molar-refractivity contribution in [1.29, 1.82) is 0 Å². The second kappa shape index (κ2) is 3.19. The zero-order valence-corrected chi connectivity index (χ0v) is 8.62. The molecule has 15 heavy (non-hydrogen) atoms. The summed E-state index contributed by atoms with van der Waals surface area (Å²) < 4.78 is 5.25. The summed E-state index contributed by atoms with van der Waals surface area (Å²) in [6, 6.07) is 0. The number of esters is 1. The van der Waals surface area contributed by atoms with Crippen LogP contribution in [0.3, 0.4) is 0 Å². The second-order valence-electron chi connectivity index (χ2n) is 4.74. The van der Waals surface area contributed by atoms with Crippen LogP contribution in [-0.2, 0) is 14.3 Å². The molecule has 0 N–H and O–H groups in total. The van der Waals surface area contributed by atoms with Crippen LogP contribution in [0.25, 0.3) is 0 Å². The van der Waals surface area contributed by atoms with Crippen molar-refractivity contribution in [3.63, 3.8) is 0 Å². The van der Waals surface area contributed by atoms with Crippen LogP contribution in [-0.4, -0.2) is 11.8 Å². The number of carbonyl (C=O) groups is 2. The van der Waals surface area contributed by atoms with Gasteiger partial charge in [0.05, 0.1) is 6.42 Å². The average molecular weight is 206 g/mol. The molecule has 2 unspecified atom stereocenters. The smallest absolute Gasteiger partial charge is 0.311 e. The molecule has 0 bridgehead atoms. The van der Waals surface area contributed by atoms with Crippen molar-refractivity contribution in [3.8, 4) is 0 Å². The number of Topliss-reactive ketones (excluding diaryl/α,β-unsaturated/α-hetero) is 1. The minimum atomic E-state index is -0.150.